The smallest absolute Gasteiger partial charge is 0.237 e. The van der Waals surface area contributed by atoms with Crippen molar-refractivity contribution < 1.29 is 9.59 Å². The van der Waals surface area contributed by atoms with E-state index in [4.69, 9.17) is 0 Å². The van der Waals surface area contributed by atoms with Gasteiger partial charge in [-0.1, -0.05) is 48.2 Å². The second-order valence-corrected chi connectivity index (χ2v) is 5.35. The van der Waals surface area contributed by atoms with E-state index in [-0.39, 0.29) is 11.1 Å². The summed E-state index contributed by atoms with van der Waals surface area (Å²) in [6.07, 6.45) is 2.78. The van der Waals surface area contributed by atoms with E-state index in [9.17, 15) is 9.59 Å². The molecule has 1 heterocycles. The second kappa shape index (κ2) is 8.24. The molecule has 0 aliphatic rings. The van der Waals surface area contributed by atoms with E-state index < -0.39 is 11.6 Å². The number of benzene rings is 2. The third-order valence-electron chi connectivity index (χ3n) is 3.45. The molecule has 0 amide bonds. The summed E-state index contributed by atoms with van der Waals surface area (Å²) in [6.45, 7) is 0. The van der Waals surface area contributed by atoms with E-state index in [1.54, 1.807) is 0 Å². The first-order chi connectivity index (χ1) is 12.7. The third-order valence-corrected chi connectivity index (χ3v) is 3.45. The third kappa shape index (κ3) is 4.54. The lowest BCUT2D eigenvalue weighted by molar-refractivity contribution is 0.105. The minimum Gasteiger partial charge on any atom is -0.279 e. The van der Waals surface area contributed by atoms with Gasteiger partial charge in [0.15, 0.2) is 0 Å². The van der Waals surface area contributed by atoms with Gasteiger partial charge in [-0.25, -0.2) is 0 Å². The van der Waals surface area contributed by atoms with Crippen LogP contribution in [-0.4, -0.2) is 16.6 Å². The summed E-state index contributed by atoms with van der Waals surface area (Å²) in [6, 6.07) is 19.9. The van der Waals surface area contributed by atoms with Gasteiger partial charge in [0.25, 0.3) is 0 Å². The lowest BCUT2D eigenvalue weighted by atomic mass is 10.1. The fraction of sp³-hybridized carbons (Fsp3) is 0. The van der Waals surface area contributed by atoms with E-state index in [1.807, 2.05) is 60.7 Å². The van der Waals surface area contributed by atoms with Crippen LogP contribution in [0.15, 0.2) is 79.1 Å². The van der Waals surface area contributed by atoms with Crippen LogP contribution in [0.1, 0.15) is 31.8 Å². The first-order valence-electron chi connectivity index (χ1n) is 7.90. The molecule has 26 heavy (non-hydrogen) atoms. The average molecular weight is 335 g/mol. The Kier molecular flexibility index (Phi) is 5.35. The van der Waals surface area contributed by atoms with E-state index in [1.165, 1.54) is 18.5 Å². The van der Waals surface area contributed by atoms with Gasteiger partial charge in [0.05, 0.1) is 0 Å². The molecule has 3 aromatic rings. The Labute approximate surface area is 151 Å². The molecule has 0 unspecified atom stereocenters. The molecule has 0 bridgehead atoms. The van der Waals surface area contributed by atoms with Gasteiger partial charge >= 0.3 is 0 Å². The monoisotopic (exact) mass is 335 g/mol. The van der Waals surface area contributed by atoms with E-state index >= 15 is 0 Å². The Morgan fingerprint density at radius 3 is 1.50 bits per heavy atom. The summed E-state index contributed by atoms with van der Waals surface area (Å²) < 4.78 is 0. The summed E-state index contributed by atoms with van der Waals surface area (Å²) >= 11 is 0. The van der Waals surface area contributed by atoms with Crippen LogP contribution in [-0.2, 0) is 0 Å². The lowest BCUT2D eigenvalue weighted by Gasteiger charge is -1.97. The lowest BCUT2D eigenvalue weighted by Crippen LogP contribution is -2.02. The van der Waals surface area contributed by atoms with Crippen LogP contribution in [0.5, 0.6) is 0 Å². The predicted octanol–water partition coefficient (Wildman–Crippen LogP) is 3.55. The summed E-state index contributed by atoms with van der Waals surface area (Å²) in [5.41, 5.74) is 2.02. The highest BCUT2D eigenvalue weighted by atomic mass is 16.1. The molecule has 122 valence electrons. The zero-order chi connectivity index (χ0) is 18.2. The van der Waals surface area contributed by atoms with E-state index in [0.29, 0.717) is 0 Å². The fourth-order valence-corrected chi connectivity index (χ4v) is 2.13. The van der Waals surface area contributed by atoms with Gasteiger partial charge in [0, 0.05) is 34.6 Å². The van der Waals surface area contributed by atoms with Crippen molar-refractivity contribution in [3.63, 3.8) is 0 Å². The zero-order valence-electron chi connectivity index (χ0n) is 13.8. The summed E-state index contributed by atoms with van der Waals surface area (Å²) in [4.78, 5) is 28.4. The first kappa shape index (κ1) is 16.9. The summed E-state index contributed by atoms with van der Waals surface area (Å²) in [5.74, 6) is 9.93. The van der Waals surface area contributed by atoms with Crippen LogP contribution in [0.4, 0.5) is 0 Å². The number of nitrogens with zero attached hydrogens (tertiary/aromatic N) is 1. The van der Waals surface area contributed by atoms with Gasteiger partial charge < -0.3 is 0 Å². The Hall–Kier alpha value is -3.95. The van der Waals surface area contributed by atoms with E-state index in [0.717, 1.165) is 11.1 Å². The van der Waals surface area contributed by atoms with Crippen LogP contribution in [0.3, 0.4) is 0 Å². The largest absolute Gasteiger partial charge is 0.279 e. The maximum absolute atomic E-state index is 12.2. The zero-order valence-corrected chi connectivity index (χ0v) is 13.8. The molecule has 0 N–H and O–H groups in total. The number of hydrogen-bond acceptors (Lipinski definition) is 3. The Morgan fingerprint density at radius 2 is 1.08 bits per heavy atom. The van der Waals surface area contributed by atoms with Crippen LogP contribution < -0.4 is 0 Å². The van der Waals surface area contributed by atoms with Crippen LogP contribution >= 0.6 is 0 Å². The molecule has 0 aliphatic heterocycles. The molecule has 0 atom stereocenters. The van der Waals surface area contributed by atoms with Crippen LogP contribution in [0.2, 0.25) is 0 Å². The van der Waals surface area contributed by atoms with Crippen molar-refractivity contribution in [1.29, 1.82) is 0 Å². The topological polar surface area (TPSA) is 47.0 Å². The molecule has 2 aromatic carbocycles. The normalized spacial score (nSPS) is 9.23. The van der Waals surface area contributed by atoms with Crippen LogP contribution in [0.25, 0.3) is 0 Å². The minimum absolute atomic E-state index is 0.265. The van der Waals surface area contributed by atoms with Crippen molar-refractivity contribution in [3.05, 3.63) is 101 Å². The van der Waals surface area contributed by atoms with Gasteiger partial charge in [-0.05, 0) is 42.2 Å². The number of carbonyl (C=O) groups excluding carboxylic acids is 2. The summed E-state index contributed by atoms with van der Waals surface area (Å²) in [5, 5.41) is 0. The van der Waals surface area contributed by atoms with Crippen molar-refractivity contribution in [2.24, 2.45) is 0 Å². The summed E-state index contributed by atoms with van der Waals surface area (Å²) in [7, 11) is 0. The van der Waals surface area contributed by atoms with Gasteiger partial charge in [0.1, 0.15) is 0 Å². The molecule has 0 aliphatic carbocycles. The van der Waals surface area contributed by atoms with Crippen molar-refractivity contribution in [3.8, 4) is 23.7 Å². The molecular weight excluding hydrogens is 322 g/mol. The minimum atomic E-state index is -0.396. The number of aromatic nitrogens is 1. The highest BCUT2D eigenvalue weighted by Crippen LogP contribution is 2.05. The highest BCUT2D eigenvalue weighted by Gasteiger charge is 2.08. The molecule has 0 radical (unpaired) electrons. The molecule has 0 fully saturated rings. The molecule has 3 heteroatoms. The standard InChI is InChI=1S/C23H13NO2/c25-22(13-11-18-7-3-1-4-8-18)20-15-21(17-24-16-20)23(26)14-12-19-9-5-2-6-10-19/h1-10,15-17H. The molecule has 3 nitrogen and oxygen atoms in total. The molecule has 0 saturated carbocycles. The van der Waals surface area contributed by atoms with Gasteiger partial charge in [-0.3, -0.25) is 14.6 Å². The number of carbonyl (C=O) groups is 2. The maximum atomic E-state index is 12.2. The van der Waals surface area contributed by atoms with Gasteiger partial charge in [-0.15, -0.1) is 0 Å². The molecule has 1 aromatic heterocycles. The SMILES string of the molecule is O=C(C#Cc1ccccc1)c1cncc(C(=O)C#Cc2ccccc2)c1. The second-order valence-electron chi connectivity index (χ2n) is 5.35. The van der Waals surface area contributed by atoms with Crippen molar-refractivity contribution >= 4 is 11.6 Å². The van der Waals surface area contributed by atoms with Gasteiger partial charge in [0.2, 0.25) is 11.6 Å². The number of hydrogen-bond donors (Lipinski definition) is 0. The number of Topliss-reactive ketones (excluding diaryl/α,β-unsaturated/α-hetero) is 2. The molecule has 3 rings (SSSR count). The molecule has 0 saturated heterocycles. The van der Waals surface area contributed by atoms with E-state index in [2.05, 4.69) is 28.7 Å². The first-order valence-corrected chi connectivity index (χ1v) is 7.90. The van der Waals surface area contributed by atoms with Crippen molar-refractivity contribution in [2.45, 2.75) is 0 Å². The van der Waals surface area contributed by atoms with Crippen molar-refractivity contribution in [2.75, 3.05) is 0 Å². The Bertz CT molecular complexity index is 978. The average Bonchev–Trinajstić information content (AvgIpc) is 2.72. The van der Waals surface area contributed by atoms with Crippen LogP contribution in [0, 0.1) is 23.7 Å². The number of pyridine rings is 1. The Balaban J connectivity index is 1.78. The quantitative estimate of drug-likeness (QED) is 0.531. The predicted molar refractivity (Wildman–Crippen MR) is 99.5 cm³/mol. The maximum Gasteiger partial charge on any atom is 0.237 e. The molecule has 0 spiro atoms. The number of ketones is 2. The number of rotatable bonds is 2. The Morgan fingerprint density at radius 1 is 0.654 bits per heavy atom. The molecular formula is C23H13NO2. The highest BCUT2D eigenvalue weighted by molar-refractivity contribution is 6.13. The van der Waals surface area contributed by atoms with Gasteiger partial charge in [-0.2, -0.15) is 0 Å². The van der Waals surface area contributed by atoms with Crippen molar-refractivity contribution in [1.82, 2.24) is 4.98 Å². The fourth-order valence-electron chi connectivity index (χ4n) is 2.13.